The molecule has 1 aliphatic rings. The molecule has 4 nitrogen and oxygen atoms in total. The molecule has 3 unspecified atom stereocenters. The van der Waals surface area contributed by atoms with E-state index >= 15 is 4.39 Å². The number of anilines is 1. The molecule has 0 saturated carbocycles. The van der Waals surface area contributed by atoms with Crippen molar-refractivity contribution in [2.24, 2.45) is 11.3 Å². The lowest BCUT2D eigenvalue weighted by atomic mass is 9.78. The minimum absolute atomic E-state index is 0.0374. The molecule has 4 rings (SSSR count). The molecule has 0 bridgehead atoms. The van der Waals surface area contributed by atoms with Crippen LogP contribution in [0.5, 0.6) is 0 Å². The molecule has 3 aromatic rings. The van der Waals surface area contributed by atoms with Crippen LogP contribution in [0.3, 0.4) is 0 Å². The van der Waals surface area contributed by atoms with Gasteiger partial charge in [-0.05, 0) is 60.4 Å². The maximum atomic E-state index is 15.2. The van der Waals surface area contributed by atoms with E-state index in [0.717, 1.165) is 50.3 Å². The van der Waals surface area contributed by atoms with Crippen molar-refractivity contribution in [2.45, 2.75) is 52.0 Å². The summed E-state index contributed by atoms with van der Waals surface area (Å²) in [4.78, 5) is 9.73. The number of H-pyrrole nitrogens is 1. The molecule has 35 heavy (non-hydrogen) atoms. The third-order valence-electron chi connectivity index (χ3n) is 6.88. The molecule has 0 radical (unpaired) electrons. The Bertz CT molecular complexity index is 1100. The van der Waals surface area contributed by atoms with Crippen molar-refractivity contribution in [1.82, 2.24) is 15.3 Å². The summed E-state index contributed by atoms with van der Waals surface area (Å²) in [5, 5.41) is 4.63. The summed E-state index contributed by atoms with van der Waals surface area (Å²) in [6.07, 6.45) is 6.48. The zero-order valence-electron chi connectivity index (χ0n) is 20.7. The topological polar surface area (TPSA) is 44.0 Å². The average Bonchev–Trinajstić information content (AvgIpc) is 3.44. The zero-order chi connectivity index (χ0) is 25.0. The normalized spacial score (nSPS) is 20.3. The highest BCUT2D eigenvalue weighted by Gasteiger charge is 2.40. The number of nitrogens with zero attached hydrogens (tertiary/aromatic N) is 2. The lowest BCUT2D eigenvalue weighted by molar-refractivity contribution is 0.280. The molecular formula is C28H35Cl2FN4. The van der Waals surface area contributed by atoms with E-state index in [-0.39, 0.29) is 34.1 Å². The van der Waals surface area contributed by atoms with Gasteiger partial charge in [-0.1, -0.05) is 62.2 Å². The van der Waals surface area contributed by atoms with Gasteiger partial charge in [0.25, 0.3) is 0 Å². The quantitative estimate of drug-likeness (QED) is 0.318. The van der Waals surface area contributed by atoms with Crippen LogP contribution in [-0.4, -0.2) is 35.6 Å². The van der Waals surface area contributed by atoms with Crippen LogP contribution in [0, 0.1) is 17.2 Å². The van der Waals surface area contributed by atoms with Gasteiger partial charge in [-0.3, -0.25) is 0 Å². The lowest BCUT2D eigenvalue weighted by Crippen LogP contribution is -2.40. The third kappa shape index (κ3) is 6.78. The van der Waals surface area contributed by atoms with E-state index in [9.17, 15) is 0 Å². The Morgan fingerprint density at radius 2 is 1.94 bits per heavy atom. The maximum Gasteiger partial charge on any atom is 0.145 e. The van der Waals surface area contributed by atoms with Crippen LogP contribution < -0.4 is 10.2 Å². The monoisotopic (exact) mass is 516 g/mol. The first-order valence-electron chi connectivity index (χ1n) is 12.4. The Morgan fingerprint density at radius 3 is 2.66 bits per heavy atom. The minimum atomic E-state index is -0.295. The summed E-state index contributed by atoms with van der Waals surface area (Å²) in [6, 6.07) is 13.7. The molecule has 1 aliphatic heterocycles. The Hall–Kier alpha value is -2.08. The Morgan fingerprint density at radius 1 is 1.14 bits per heavy atom. The summed E-state index contributed by atoms with van der Waals surface area (Å²) >= 11 is 12.6. The number of nitrogens with one attached hydrogen (secondary N) is 2. The Kier molecular flexibility index (Phi) is 8.41. The van der Waals surface area contributed by atoms with E-state index in [1.807, 2.05) is 36.5 Å². The molecule has 1 saturated heterocycles. The van der Waals surface area contributed by atoms with Gasteiger partial charge in [0.2, 0.25) is 0 Å². The van der Waals surface area contributed by atoms with E-state index in [2.05, 4.69) is 47.0 Å². The second-order valence-corrected chi connectivity index (χ2v) is 11.6. The van der Waals surface area contributed by atoms with Crippen molar-refractivity contribution in [3.63, 3.8) is 0 Å². The predicted octanol–water partition coefficient (Wildman–Crippen LogP) is 7.10. The zero-order valence-corrected chi connectivity index (χ0v) is 22.2. The van der Waals surface area contributed by atoms with Gasteiger partial charge in [0.1, 0.15) is 5.82 Å². The number of aryl methyl sites for hydroxylation is 1. The van der Waals surface area contributed by atoms with E-state index in [1.54, 1.807) is 12.4 Å². The van der Waals surface area contributed by atoms with Gasteiger partial charge in [-0.15, -0.1) is 0 Å². The third-order valence-corrected chi connectivity index (χ3v) is 7.41. The first-order valence-corrected chi connectivity index (χ1v) is 13.1. The largest absolute Gasteiger partial charge is 0.371 e. The SMILES string of the molecule is CC(C)(C)CC1NCC(c2cccc(Cl)c2F)C1CN(CCCc1cnc[nH]1)c1cccc(Cl)c1. The van der Waals surface area contributed by atoms with Crippen molar-refractivity contribution in [3.8, 4) is 0 Å². The number of rotatable bonds is 9. The highest BCUT2D eigenvalue weighted by Crippen LogP contribution is 2.40. The van der Waals surface area contributed by atoms with Crippen LogP contribution in [0.4, 0.5) is 10.1 Å². The number of aromatic amines is 1. The second-order valence-electron chi connectivity index (χ2n) is 10.8. The molecule has 0 aliphatic carbocycles. The van der Waals surface area contributed by atoms with Gasteiger partial charge < -0.3 is 15.2 Å². The highest BCUT2D eigenvalue weighted by molar-refractivity contribution is 6.31. The molecule has 2 heterocycles. The van der Waals surface area contributed by atoms with Gasteiger partial charge in [0.15, 0.2) is 0 Å². The number of hydrogen-bond acceptors (Lipinski definition) is 3. The van der Waals surface area contributed by atoms with Crippen molar-refractivity contribution in [1.29, 1.82) is 0 Å². The summed E-state index contributed by atoms with van der Waals surface area (Å²) in [5.41, 5.74) is 3.07. The maximum absolute atomic E-state index is 15.2. The molecule has 7 heteroatoms. The Labute approximate surface area is 218 Å². The molecule has 0 amide bonds. The van der Waals surface area contributed by atoms with Gasteiger partial charge in [0.05, 0.1) is 11.3 Å². The van der Waals surface area contributed by atoms with Gasteiger partial charge >= 0.3 is 0 Å². The number of imidazole rings is 1. The van der Waals surface area contributed by atoms with Gasteiger partial charge in [-0.25, -0.2) is 9.37 Å². The van der Waals surface area contributed by atoms with Crippen LogP contribution in [0.2, 0.25) is 10.0 Å². The molecule has 0 spiro atoms. The smallest absolute Gasteiger partial charge is 0.145 e. The minimum Gasteiger partial charge on any atom is -0.371 e. The van der Waals surface area contributed by atoms with Gasteiger partial charge in [-0.2, -0.15) is 0 Å². The fourth-order valence-electron chi connectivity index (χ4n) is 5.28. The lowest BCUT2D eigenvalue weighted by Gasteiger charge is -2.35. The number of benzene rings is 2. The van der Waals surface area contributed by atoms with Crippen LogP contribution in [0.25, 0.3) is 0 Å². The molecular weight excluding hydrogens is 482 g/mol. The summed E-state index contributed by atoms with van der Waals surface area (Å²) < 4.78 is 15.2. The van der Waals surface area contributed by atoms with Crippen LogP contribution in [-0.2, 0) is 6.42 Å². The summed E-state index contributed by atoms with van der Waals surface area (Å²) in [7, 11) is 0. The predicted molar refractivity (Wildman–Crippen MR) is 144 cm³/mol. The van der Waals surface area contributed by atoms with Crippen LogP contribution in [0.15, 0.2) is 55.0 Å². The van der Waals surface area contributed by atoms with Gasteiger partial charge in [0, 0.05) is 54.2 Å². The van der Waals surface area contributed by atoms with E-state index in [1.165, 1.54) is 0 Å². The van der Waals surface area contributed by atoms with Crippen molar-refractivity contribution >= 4 is 28.9 Å². The number of aromatic nitrogens is 2. The molecule has 1 fully saturated rings. The van der Waals surface area contributed by atoms with Crippen LogP contribution >= 0.6 is 23.2 Å². The first-order chi connectivity index (χ1) is 16.7. The highest BCUT2D eigenvalue weighted by atomic mass is 35.5. The van der Waals surface area contributed by atoms with Crippen molar-refractivity contribution in [3.05, 3.63) is 82.1 Å². The van der Waals surface area contributed by atoms with E-state index in [4.69, 9.17) is 23.2 Å². The average molecular weight is 518 g/mol. The van der Waals surface area contributed by atoms with Crippen molar-refractivity contribution in [2.75, 3.05) is 24.5 Å². The molecule has 188 valence electrons. The first kappa shape index (κ1) is 26.0. The fourth-order valence-corrected chi connectivity index (χ4v) is 5.65. The fraction of sp³-hybridized carbons (Fsp3) is 0.464. The summed E-state index contributed by atoms with van der Waals surface area (Å²) in [6.45, 7) is 9.19. The standard InChI is InChI=1S/C28H35Cl2FN4/c1-28(2,3)14-26-24(23(16-33-26)22-10-5-11-25(30)27(22)31)17-35(21-9-4-7-19(29)13-21)12-6-8-20-15-32-18-34-20/h4-5,7,9-11,13,15,18,23-24,26,33H,6,8,12,14,16-17H2,1-3H3,(H,32,34). The van der Waals surface area contributed by atoms with E-state index < -0.39 is 0 Å². The van der Waals surface area contributed by atoms with Crippen LogP contribution in [0.1, 0.15) is 50.8 Å². The van der Waals surface area contributed by atoms with Crippen molar-refractivity contribution < 1.29 is 4.39 Å². The number of hydrogen-bond donors (Lipinski definition) is 2. The Balaban J connectivity index is 1.62. The second kappa shape index (κ2) is 11.3. The summed E-state index contributed by atoms with van der Waals surface area (Å²) in [5.74, 6) is -0.0420. The molecule has 1 aromatic heterocycles. The number of halogens is 3. The molecule has 2 aromatic carbocycles. The molecule has 2 N–H and O–H groups in total. The van der Waals surface area contributed by atoms with E-state index in [0.29, 0.717) is 10.6 Å². The molecule has 3 atom stereocenters.